The summed E-state index contributed by atoms with van der Waals surface area (Å²) in [5.41, 5.74) is 3.79. The van der Waals surface area contributed by atoms with Gasteiger partial charge in [-0.05, 0) is 41.3 Å². The van der Waals surface area contributed by atoms with E-state index in [1.165, 1.54) is 12.1 Å². The molecule has 0 aliphatic heterocycles. The highest BCUT2D eigenvalue weighted by molar-refractivity contribution is 5.88. The Balaban J connectivity index is 1.71. The Bertz CT molecular complexity index is 1260. The van der Waals surface area contributed by atoms with Crippen molar-refractivity contribution in [2.45, 2.75) is 38.3 Å². The molecular weight excluding hydrogens is 475 g/mol. The van der Waals surface area contributed by atoms with Crippen molar-refractivity contribution in [1.29, 1.82) is 0 Å². The van der Waals surface area contributed by atoms with E-state index in [1.807, 2.05) is 97.9 Å². The van der Waals surface area contributed by atoms with Gasteiger partial charge >= 0.3 is 0 Å². The van der Waals surface area contributed by atoms with Crippen molar-refractivity contribution in [2.75, 3.05) is 6.54 Å². The third kappa shape index (κ3) is 7.16. The van der Waals surface area contributed by atoms with Gasteiger partial charge in [-0.3, -0.25) is 9.59 Å². The number of amides is 2. The van der Waals surface area contributed by atoms with Crippen LogP contribution in [0.4, 0.5) is 4.39 Å². The maximum Gasteiger partial charge on any atom is 0.243 e. The van der Waals surface area contributed by atoms with Gasteiger partial charge in [0.1, 0.15) is 11.9 Å². The largest absolute Gasteiger partial charge is 0.355 e. The van der Waals surface area contributed by atoms with Gasteiger partial charge in [0.2, 0.25) is 11.8 Å². The summed E-state index contributed by atoms with van der Waals surface area (Å²) in [7, 11) is 0. The number of likely N-dealkylation sites (N-methyl/N-ethyl adjacent to an activating group) is 1. The lowest BCUT2D eigenvalue weighted by Gasteiger charge is -2.33. The fourth-order valence-corrected chi connectivity index (χ4v) is 4.72. The molecule has 5 heteroatoms. The first-order valence-electron chi connectivity index (χ1n) is 13.0. The minimum Gasteiger partial charge on any atom is -0.355 e. The molecule has 4 rings (SSSR count). The average Bonchev–Trinajstić information content (AvgIpc) is 2.96. The SMILES string of the molecule is CCNC(=O)[C@H](Cc1ccccc1)N(Cc1ccc(F)cc1)C(=O)CC(c1ccccc1)c1ccccc1. The summed E-state index contributed by atoms with van der Waals surface area (Å²) in [5, 5.41) is 2.92. The van der Waals surface area contributed by atoms with Gasteiger partial charge in [-0.2, -0.15) is 0 Å². The summed E-state index contributed by atoms with van der Waals surface area (Å²) >= 11 is 0. The molecule has 194 valence electrons. The highest BCUT2D eigenvalue weighted by Gasteiger charge is 2.32. The van der Waals surface area contributed by atoms with Crippen LogP contribution < -0.4 is 5.32 Å². The number of hydrogen-bond donors (Lipinski definition) is 1. The zero-order valence-electron chi connectivity index (χ0n) is 21.6. The van der Waals surface area contributed by atoms with E-state index in [1.54, 1.807) is 17.0 Å². The van der Waals surface area contributed by atoms with Crippen molar-refractivity contribution < 1.29 is 14.0 Å². The van der Waals surface area contributed by atoms with Crippen molar-refractivity contribution >= 4 is 11.8 Å². The Labute approximate surface area is 224 Å². The second kappa shape index (κ2) is 13.3. The summed E-state index contributed by atoms with van der Waals surface area (Å²) in [6, 6.07) is 35.0. The molecule has 4 nitrogen and oxygen atoms in total. The van der Waals surface area contributed by atoms with E-state index in [0.717, 1.165) is 22.3 Å². The Morgan fingerprint density at radius 1 is 0.737 bits per heavy atom. The first-order chi connectivity index (χ1) is 18.5. The minimum atomic E-state index is -0.720. The molecular formula is C33H33FN2O2. The van der Waals surface area contributed by atoms with Crippen LogP contribution in [-0.2, 0) is 22.6 Å². The predicted molar refractivity (Wildman–Crippen MR) is 149 cm³/mol. The van der Waals surface area contributed by atoms with Crippen LogP contribution in [0, 0.1) is 5.82 Å². The van der Waals surface area contributed by atoms with Crippen LogP contribution in [0.5, 0.6) is 0 Å². The van der Waals surface area contributed by atoms with Gasteiger partial charge in [-0.25, -0.2) is 4.39 Å². The van der Waals surface area contributed by atoms with Crippen molar-refractivity contribution in [2.24, 2.45) is 0 Å². The molecule has 0 aliphatic rings. The number of benzene rings is 4. The van der Waals surface area contributed by atoms with Crippen molar-refractivity contribution in [3.63, 3.8) is 0 Å². The number of nitrogens with one attached hydrogen (secondary N) is 1. The monoisotopic (exact) mass is 508 g/mol. The van der Waals surface area contributed by atoms with Gasteiger partial charge in [0.25, 0.3) is 0 Å². The van der Waals surface area contributed by atoms with E-state index in [0.29, 0.717) is 13.0 Å². The molecule has 38 heavy (non-hydrogen) atoms. The van der Waals surface area contributed by atoms with Crippen LogP contribution in [0.25, 0.3) is 0 Å². The standard InChI is InChI=1S/C33H33FN2O2/c1-2-35-33(38)31(22-25-12-6-3-7-13-25)36(24-26-18-20-29(34)21-19-26)32(37)23-30(27-14-8-4-9-15-27)28-16-10-5-11-17-28/h3-21,30-31H,2,22-24H2,1H3,(H,35,38)/t31-/m0/s1. The molecule has 0 fully saturated rings. The number of nitrogens with zero attached hydrogens (tertiary/aromatic N) is 1. The fourth-order valence-electron chi connectivity index (χ4n) is 4.72. The Morgan fingerprint density at radius 2 is 1.26 bits per heavy atom. The molecule has 1 N–H and O–H groups in total. The second-order valence-corrected chi connectivity index (χ2v) is 9.33. The van der Waals surface area contributed by atoms with Gasteiger partial charge in [0.05, 0.1) is 0 Å². The lowest BCUT2D eigenvalue weighted by molar-refractivity contribution is -0.141. The van der Waals surface area contributed by atoms with Gasteiger partial charge in [0, 0.05) is 31.8 Å². The van der Waals surface area contributed by atoms with Gasteiger partial charge in [-0.15, -0.1) is 0 Å². The topological polar surface area (TPSA) is 49.4 Å². The van der Waals surface area contributed by atoms with Crippen LogP contribution in [0.2, 0.25) is 0 Å². The van der Waals surface area contributed by atoms with E-state index in [-0.39, 0.29) is 36.5 Å². The number of rotatable bonds is 11. The Kier molecular flexibility index (Phi) is 9.41. The molecule has 0 heterocycles. The number of halogens is 1. The molecule has 0 aliphatic carbocycles. The summed E-state index contributed by atoms with van der Waals surface area (Å²) in [4.78, 5) is 29.2. The van der Waals surface area contributed by atoms with E-state index in [2.05, 4.69) is 5.32 Å². The molecule has 0 bridgehead atoms. The van der Waals surface area contributed by atoms with Crippen molar-refractivity contribution in [1.82, 2.24) is 10.2 Å². The second-order valence-electron chi connectivity index (χ2n) is 9.33. The van der Waals surface area contributed by atoms with Crippen LogP contribution in [-0.4, -0.2) is 29.3 Å². The lowest BCUT2D eigenvalue weighted by Crippen LogP contribution is -2.50. The van der Waals surface area contributed by atoms with Gasteiger partial charge in [0.15, 0.2) is 0 Å². The summed E-state index contributed by atoms with van der Waals surface area (Å²) in [6.45, 7) is 2.52. The molecule has 4 aromatic carbocycles. The highest BCUT2D eigenvalue weighted by atomic mass is 19.1. The van der Waals surface area contributed by atoms with Crippen molar-refractivity contribution in [3.8, 4) is 0 Å². The Hall–Kier alpha value is -4.25. The summed E-state index contributed by atoms with van der Waals surface area (Å²) < 4.78 is 13.7. The van der Waals surface area contributed by atoms with Gasteiger partial charge < -0.3 is 10.2 Å². The molecule has 0 aromatic heterocycles. The van der Waals surface area contributed by atoms with Crippen LogP contribution in [0.1, 0.15) is 41.5 Å². The molecule has 0 saturated carbocycles. The van der Waals surface area contributed by atoms with Crippen LogP contribution in [0.15, 0.2) is 115 Å². The molecule has 0 radical (unpaired) electrons. The average molecular weight is 509 g/mol. The fraction of sp³-hybridized carbons (Fsp3) is 0.212. The quantitative estimate of drug-likeness (QED) is 0.265. The first kappa shape index (κ1) is 26.8. The number of carbonyl (C=O) groups excluding carboxylic acids is 2. The van der Waals surface area contributed by atoms with E-state index >= 15 is 0 Å². The Morgan fingerprint density at radius 3 is 1.79 bits per heavy atom. The van der Waals surface area contributed by atoms with E-state index in [9.17, 15) is 14.0 Å². The molecule has 4 aromatic rings. The predicted octanol–water partition coefficient (Wildman–Crippen LogP) is 6.12. The lowest BCUT2D eigenvalue weighted by atomic mass is 9.87. The molecule has 2 amide bonds. The number of carbonyl (C=O) groups is 2. The molecule has 0 unspecified atom stereocenters. The minimum absolute atomic E-state index is 0.140. The van der Waals surface area contributed by atoms with Crippen LogP contribution >= 0.6 is 0 Å². The smallest absolute Gasteiger partial charge is 0.243 e. The first-order valence-corrected chi connectivity index (χ1v) is 13.0. The molecule has 0 spiro atoms. The van der Waals surface area contributed by atoms with Crippen LogP contribution in [0.3, 0.4) is 0 Å². The van der Waals surface area contributed by atoms with E-state index in [4.69, 9.17) is 0 Å². The zero-order chi connectivity index (χ0) is 26.7. The molecule has 0 saturated heterocycles. The third-order valence-corrected chi connectivity index (χ3v) is 6.67. The maximum atomic E-state index is 14.2. The third-order valence-electron chi connectivity index (χ3n) is 6.67. The highest BCUT2D eigenvalue weighted by Crippen LogP contribution is 2.30. The molecule has 1 atom stereocenters. The normalized spacial score (nSPS) is 11.7. The summed E-state index contributed by atoms with van der Waals surface area (Å²) in [6.07, 6.45) is 0.570. The van der Waals surface area contributed by atoms with E-state index < -0.39 is 6.04 Å². The summed E-state index contributed by atoms with van der Waals surface area (Å²) in [5.74, 6) is -0.862. The number of hydrogen-bond acceptors (Lipinski definition) is 2. The zero-order valence-corrected chi connectivity index (χ0v) is 21.6. The van der Waals surface area contributed by atoms with Gasteiger partial charge in [-0.1, -0.05) is 103 Å². The maximum absolute atomic E-state index is 14.2. The van der Waals surface area contributed by atoms with Crippen molar-refractivity contribution in [3.05, 3.63) is 143 Å².